The average molecular weight is 332 g/mol. The molecule has 0 unspecified atom stereocenters. The van der Waals surface area contributed by atoms with Crippen molar-refractivity contribution in [1.29, 1.82) is 0 Å². The number of nitrogens with one attached hydrogen (secondary N) is 1. The zero-order valence-electron chi connectivity index (χ0n) is 10.4. The van der Waals surface area contributed by atoms with E-state index < -0.39 is 15.3 Å². The van der Waals surface area contributed by atoms with Crippen LogP contribution in [0.4, 0.5) is 5.69 Å². The minimum atomic E-state index is -3.29. The van der Waals surface area contributed by atoms with Gasteiger partial charge >= 0.3 is 0 Å². The highest BCUT2D eigenvalue weighted by atomic mass is 79.9. The Labute approximate surface area is 115 Å². The molecule has 2 rings (SSSR count). The van der Waals surface area contributed by atoms with Crippen molar-refractivity contribution in [2.45, 2.75) is 25.2 Å². The van der Waals surface area contributed by atoms with Gasteiger partial charge in [-0.2, -0.15) is 0 Å². The Morgan fingerprint density at radius 3 is 2.50 bits per heavy atom. The zero-order chi connectivity index (χ0) is 13.7. The Balaban J connectivity index is 2.61. The van der Waals surface area contributed by atoms with Crippen molar-refractivity contribution in [1.82, 2.24) is 0 Å². The molecule has 0 radical (unpaired) electrons. The van der Waals surface area contributed by atoms with E-state index in [1.165, 1.54) is 6.07 Å². The average Bonchev–Trinajstić information content (AvgIpc) is 2.19. The first-order valence-electron chi connectivity index (χ1n) is 5.45. The fraction of sp³-hybridized carbons (Fsp3) is 0.417. The largest absolute Gasteiger partial charge is 0.325 e. The lowest BCUT2D eigenvalue weighted by molar-refractivity contribution is -0.124. The maximum absolute atomic E-state index is 11.9. The minimum Gasteiger partial charge on any atom is -0.325 e. The molecule has 1 N–H and O–H groups in total. The molecule has 0 saturated heterocycles. The molecule has 1 aliphatic heterocycles. The van der Waals surface area contributed by atoms with Crippen LogP contribution in [-0.2, 0) is 21.1 Å². The topological polar surface area (TPSA) is 63.2 Å². The summed E-state index contributed by atoms with van der Waals surface area (Å²) in [6.07, 6.45) is 1.73. The first kappa shape index (κ1) is 13.5. The van der Waals surface area contributed by atoms with Crippen LogP contribution in [0.1, 0.15) is 19.4 Å². The molecule has 0 aliphatic carbocycles. The summed E-state index contributed by atoms with van der Waals surface area (Å²) >= 11 is 3.38. The molecule has 0 fully saturated rings. The van der Waals surface area contributed by atoms with Crippen LogP contribution in [0.15, 0.2) is 21.5 Å². The Morgan fingerprint density at radius 1 is 1.33 bits per heavy atom. The van der Waals surface area contributed by atoms with E-state index in [9.17, 15) is 13.2 Å². The monoisotopic (exact) mass is 331 g/mol. The van der Waals surface area contributed by atoms with Crippen LogP contribution < -0.4 is 5.32 Å². The SMILES string of the molecule is CC1(C)Cc2c(Br)cc(S(C)(=O)=O)cc2NC1=O. The number of carbonyl (C=O) groups is 1. The number of hydrogen-bond donors (Lipinski definition) is 1. The summed E-state index contributed by atoms with van der Waals surface area (Å²) in [6, 6.07) is 3.10. The molecule has 0 saturated carbocycles. The van der Waals surface area contributed by atoms with E-state index in [4.69, 9.17) is 0 Å². The maximum Gasteiger partial charge on any atom is 0.230 e. The van der Waals surface area contributed by atoms with E-state index >= 15 is 0 Å². The molecular formula is C12H14BrNO3S. The predicted molar refractivity (Wildman–Crippen MR) is 73.4 cm³/mol. The highest BCUT2D eigenvalue weighted by molar-refractivity contribution is 9.10. The van der Waals surface area contributed by atoms with Crippen LogP contribution in [0.25, 0.3) is 0 Å². The van der Waals surface area contributed by atoms with Gasteiger partial charge in [0.25, 0.3) is 0 Å². The summed E-state index contributed by atoms with van der Waals surface area (Å²) < 4.78 is 23.8. The fourth-order valence-electron chi connectivity index (χ4n) is 1.93. The number of benzene rings is 1. The van der Waals surface area contributed by atoms with Crippen molar-refractivity contribution in [3.63, 3.8) is 0 Å². The van der Waals surface area contributed by atoms with E-state index in [1.807, 2.05) is 13.8 Å². The van der Waals surface area contributed by atoms with Gasteiger partial charge in [0.05, 0.1) is 4.90 Å². The number of amides is 1. The van der Waals surface area contributed by atoms with Gasteiger partial charge in [-0.25, -0.2) is 8.42 Å². The lowest BCUT2D eigenvalue weighted by atomic mass is 9.81. The number of fused-ring (bicyclic) bond motifs is 1. The first-order chi connectivity index (χ1) is 8.11. The van der Waals surface area contributed by atoms with Gasteiger partial charge in [-0.3, -0.25) is 4.79 Å². The molecule has 18 heavy (non-hydrogen) atoms. The molecule has 1 heterocycles. The van der Waals surface area contributed by atoms with E-state index in [0.717, 1.165) is 11.8 Å². The van der Waals surface area contributed by atoms with Gasteiger partial charge in [-0.15, -0.1) is 0 Å². The molecule has 1 aromatic carbocycles. The minimum absolute atomic E-state index is 0.0902. The number of halogens is 1. The maximum atomic E-state index is 11.9. The van der Waals surface area contributed by atoms with Crippen LogP contribution in [0.5, 0.6) is 0 Å². The lowest BCUT2D eigenvalue weighted by Gasteiger charge is -2.31. The molecule has 1 amide bonds. The Morgan fingerprint density at radius 2 is 1.94 bits per heavy atom. The molecule has 0 spiro atoms. The molecule has 0 bridgehead atoms. The van der Waals surface area contributed by atoms with Gasteiger partial charge in [-0.1, -0.05) is 29.8 Å². The Bertz CT molecular complexity index is 635. The molecule has 6 heteroatoms. The smallest absolute Gasteiger partial charge is 0.230 e. The third-order valence-electron chi connectivity index (χ3n) is 3.08. The Hall–Kier alpha value is -0.880. The molecular weight excluding hydrogens is 318 g/mol. The van der Waals surface area contributed by atoms with E-state index in [-0.39, 0.29) is 10.8 Å². The summed E-state index contributed by atoms with van der Waals surface area (Å²) in [7, 11) is -3.29. The quantitative estimate of drug-likeness (QED) is 0.859. The van der Waals surface area contributed by atoms with Gasteiger partial charge in [0.2, 0.25) is 5.91 Å². The van der Waals surface area contributed by atoms with Crippen molar-refractivity contribution < 1.29 is 13.2 Å². The van der Waals surface area contributed by atoms with Crippen molar-refractivity contribution in [3.05, 3.63) is 22.2 Å². The normalized spacial score (nSPS) is 18.1. The van der Waals surface area contributed by atoms with Gasteiger partial charge in [0.15, 0.2) is 9.84 Å². The molecule has 1 aromatic rings. The van der Waals surface area contributed by atoms with E-state index in [2.05, 4.69) is 21.2 Å². The number of anilines is 1. The van der Waals surface area contributed by atoms with E-state index in [0.29, 0.717) is 16.6 Å². The lowest BCUT2D eigenvalue weighted by Crippen LogP contribution is -2.37. The second kappa shape index (κ2) is 4.06. The number of sulfone groups is 1. The van der Waals surface area contributed by atoms with Crippen LogP contribution in [-0.4, -0.2) is 20.6 Å². The third kappa shape index (κ3) is 2.31. The fourth-order valence-corrected chi connectivity index (χ4v) is 3.35. The van der Waals surface area contributed by atoms with Gasteiger partial charge in [-0.05, 0) is 24.1 Å². The van der Waals surface area contributed by atoms with Crippen LogP contribution in [0.3, 0.4) is 0 Å². The molecule has 4 nitrogen and oxygen atoms in total. The summed E-state index contributed by atoms with van der Waals surface area (Å²) in [5.74, 6) is -0.0902. The number of hydrogen-bond acceptors (Lipinski definition) is 3. The van der Waals surface area contributed by atoms with Crippen LogP contribution >= 0.6 is 15.9 Å². The van der Waals surface area contributed by atoms with E-state index in [1.54, 1.807) is 6.07 Å². The van der Waals surface area contributed by atoms with Crippen molar-refractivity contribution >= 4 is 37.4 Å². The second-order valence-corrected chi connectivity index (χ2v) is 8.09. The van der Waals surface area contributed by atoms with Crippen molar-refractivity contribution in [2.75, 3.05) is 11.6 Å². The van der Waals surface area contributed by atoms with Gasteiger partial charge in [0.1, 0.15) is 0 Å². The van der Waals surface area contributed by atoms with Crippen molar-refractivity contribution in [3.8, 4) is 0 Å². The summed E-state index contributed by atoms with van der Waals surface area (Å²) in [4.78, 5) is 12.1. The van der Waals surface area contributed by atoms with Gasteiger partial charge < -0.3 is 5.32 Å². The summed E-state index contributed by atoms with van der Waals surface area (Å²) in [6.45, 7) is 3.73. The molecule has 98 valence electrons. The van der Waals surface area contributed by atoms with Crippen molar-refractivity contribution in [2.24, 2.45) is 5.41 Å². The number of rotatable bonds is 1. The molecule has 1 aliphatic rings. The number of carbonyl (C=O) groups excluding carboxylic acids is 1. The zero-order valence-corrected chi connectivity index (χ0v) is 12.8. The summed E-state index contributed by atoms with van der Waals surface area (Å²) in [5, 5.41) is 2.77. The molecule has 0 atom stereocenters. The van der Waals surface area contributed by atoms with Crippen LogP contribution in [0.2, 0.25) is 0 Å². The standard InChI is InChI=1S/C12H14BrNO3S/c1-12(2)6-8-9(13)4-7(18(3,16)17)5-10(8)14-11(12)15/h4-5H,6H2,1-3H3,(H,14,15). The first-order valence-corrected chi connectivity index (χ1v) is 8.14. The van der Waals surface area contributed by atoms with Crippen LogP contribution in [0, 0.1) is 5.41 Å². The Kier molecular flexibility index (Phi) is 3.06. The van der Waals surface area contributed by atoms with Gasteiger partial charge in [0, 0.05) is 21.8 Å². The second-order valence-electron chi connectivity index (χ2n) is 5.22. The highest BCUT2D eigenvalue weighted by Gasteiger charge is 2.35. The predicted octanol–water partition coefficient (Wildman–Crippen LogP) is 2.37. The molecule has 0 aromatic heterocycles. The third-order valence-corrected chi connectivity index (χ3v) is 4.88. The highest BCUT2D eigenvalue weighted by Crippen LogP contribution is 2.38. The summed E-state index contributed by atoms with van der Waals surface area (Å²) in [5.41, 5.74) is 1.03.